The molecule has 0 radical (unpaired) electrons. The smallest absolute Gasteiger partial charge is 0.255 e. The van der Waals surface area contributed by atoms with Gasteiger partial charge in [-0.1, -0.05) is 41.7 Å². The number of sulfone groups is 1. The number of nitrogens with one attached hydrogen (secondary N) is 1. The van der Waals surface area contributed by atoms with Crippen molar-refractivity contribution in [3.63, 3.8) is 0 Å². The van der Waals surface area contributed by atoms with Crippen molar-refractivity contribution in [2.75, 3.05) is 11.0 Å². The van der Waals surface area contributed by atoms with Gasteiger partial charge < -0.3 is 0 Å². The van der Waals surface area contributed by atoms with Crippen molar-refractivity contribution in [2.45, 2.75) is 9.79 Å². The summed E-state index contributed by atoms with van der Waals surface area (Å²) in [6.45, 7) is 0. The SMILES string of the molecule is CS(=O)(=O)c1ccc2nc(NS(=O)(=O)c3ccc4ccccc4c3)sc2c1. The van der Waals surface area contributed by atoms with Crippen molar-refractivity contribution < 1.29 is 16.8 Å². The average Bonchev–Trinajstić information content (AvgIpc) is 3.01. The summed E-state index contributed by atoms with van der Waals surface area (Å²) in [5.74, 6) is 0. The lowest BCUT2D eigenvalue weighted by Gasteiger charge is -2.06. The highest BCUT2D eigenvalue weighted by molar-refractivity contribution is 7.93. The lowest BCUT2D eigenvalue weighted by Crippen LogP contribution is -2.12. The van der Waals surface area contributed by atoms with E-state index in [2.05, 4.69) is 9.71 Å². The van der Waals surface area contributed by atoms with Gasteiger partial charge in [0.2, 0.25) is 0 Å². The molecule has 0 atom stereocenters. The summed E-state index contributed by atoms with van der Waals surface area (Å²) in [4.78, 5) is 4.55. The number of hydrogen-bond donors (Lipinski definition) is 1. The van der Waals surface area contributed by atoms with Crippen LogP contribution in [0.4, 0.5) is 5.13 Å². The summed E-state index contributed by atoms with van der Waals surface area (Å²) >= 11 is 1.09. The van der Waals surface area contributed by atoms with Gasteiger partial charge in [0.1, 0.15) is 0 Å². The Morgan fingerprint density at radius 2 is 1.56 bits per heavy atom. The number of benzene rings is 3. The zero-order valence-corrected chi connectivity index (χ0v) is 16.5. The molecule has 0 aliphatic rings. The molecule has 3 aromatic carbocycles. The van der Waals surface area contributed by atoms with E-state index in [9.17, 15) is 16.8 Å². The highest BCUT2D eigenvalue weighted by atomic mass is 32.2. The van der Waals surface area contributed by atoms with E-state index in [1.165, 1.54) is 12.1 Å². The van der Waals surface area contributed by atoms with Crippen LogP contribution < -0.4 is 4.72 Å². The summed E-state index contributed by atoms with van der Waals surface area (Å²) in [5.41, 5.74) is 0.531. The molecular formula is C18H14N2O4S3. The normalized spacial score (nSPS) is 12.5. The number of aromatic nitrogens is 1. The van der Waals surface area contributed by atoms with Gasteiger partial charge in [-0.05, 0) is 41.1 Å². The highest BCUT2D eigenvalue weighted by Gasteiger charge is 2.18. The first-order chi connectivity index (χ1) is 12.7. The number of thiazole rings is 1. The lowest BCUT2D eigenvalue weighted by molar-refractivity contribution is 0.600. The van der Waals surface area contributed by atoms with Gasteiger partial charge in [-0.3, -0.25) is 4.72 Å². The number of sulfonamides is 1. The van der Waals surface area contributed by atoms with Crippen LogP contribution in [-0.2, 0) is 19.9 Å². The van der Waals surface area contributed by atoms with Crippen molar-refractivity contribution >= 4 is 57.3 Å². The minimum Gasteiger partial charge on any atom is -0.255 e. The standard InChI is InChI=1S/C18H14N2O4S3/c1-26(21,22)14-8-9-16-17(11-14)25-18(19-16)20-27(23,24)15-7-6-12-4-2-3-5-13(12)10-15/h2-11H,1H3,(H,19,20). The van der Waals surface area contributed by atoms with E-state index in [1.54, 1.807) is 24.3 Å². The van der Waals surface area contributed by atoms with Crippen LogP contribution in [0.3, 0.4) is 0 Å². The molecule has 0 bridgehead atoms. The topological polar surface area (TPSA) is 93.2 Å². The van der Waals surface area contributed by atoms with E-state index >= 15 is 0 Å². The largest absolute Gasteiger partial charge is 0.263 e. The molecule has 0 spiro atoms. The van der Waals surface area contributed by atoms with Gasteiger partial charge in [0, 0.05) is 6.26 Å². The van der Waals surface area contributed by atoms with Crippen molar-refractivity contribution in [3.05, 3.63) is 60.7 Å². The third-order valence-electron chi connectivity index (χ3n) is 4.04. The molecule has 0 fully saturated rings. The van der Waals surface area contributed by atoms with Gasteiger partial charge >= 0.3 is 0 Å². The second-order valence-corrected chi connectivity index (χ2v) is 10.8. The predicted molar refractivity (Wildman–Crippen MR) is 107 cm³/mol. The Labute approximate surface area is 160 Å². The molecule has 9 heteroatoms. The Kier molecular flexibility index (Phi) is 4.17. The molecule has 0 amide bonds. The van der Waals surface area contributed by atoms with Crippen LogP contribution in [0, 0.1) is 0 Å². The maximum Gasteiger partial charge on any atom is 0.263 e. The molecule has 4 rings (SSSR count). The van der Waals surface area contributed by atoms with Gasteiger partial charge in [-0.2, -0.15) is 0 Å². The Morgan fingerprint density at radius 3 is 2.30 bits per heavy atom. The fourth-order valence-electron chi connectivity index (χ4n) is 2.69. The second kappa shape index (κ2) is 6.29. The third-order valence-corrected chi connectivity index (χ3v) is 7.55. The predicted octanol–water partition coefficient (Wildman–Crippen LogP) is 3.65. The number of rotatable bonds is 4. The van der Waals surface area contributed by atoms with Gasteiger partial charge in [-0.15, -0.1) is 0 Å². The van der Waals surface area contributed by atoms with Gasteiger partial charge in [0.25, 0.3) is 10.0 Å². The molecule has 1 N–H and O–H groups in total. The van der Waals surface area contributed by atoms with Crippen LogP contribution in [0.5, 0.6) is 0 Å². The number of fused-ring (bicyclic) bond motifs is 2. The molecule has 1 heterocycles. The van der Waals surface area contributed by atoms with Gasteiger partial charge in [-0.25, -0.2) is 21.8 Å². The van der Waals surface area contributed by atoms with Crippen LogP contribution in [0.2, 0.25) is 0 Å². The molecule has 0 aliphatic heterocycles. The monoisotopic (exact) mass is 418 g/mol. The molecule has 138 valence electrons. The molecule has 27 heavy (non-hydrogen) atoms. The summed E-state index contributed by atoms with van der Waals surface area (Å²) < 4.78 is 51.8. The molecule has 0 saturated heterocycles. The molecule has 1 aromatic heterocycles. The molecule has 0 saturated carbocycles. The third kappa shape index (κ3) is 3.53. The second-order valence-electron chi connectivity index (χ2n) is 6.04. The maximum atomic E-state index is 12.7. The summed E-state index contributed by atoms with van der Waals surface area (Å²) in [7, 11) is -7.16. The van der Waals surface area contributed by atoms with E-state index in [0.717, 1.165) is 28.4 Å². The molecule has 0 aliphatic carbocycles. The van der Waals surface area contributed by atoms with Gasteiger partial charge in [0.05, 0.1) is 20.0 Å². The van der Waals surface area contributed by atoms with Crippen molar-refractivity contribution in [1.82, 2.24) is 4.98 Å². The fourth-order valence-corrected chi connectivity index (χ4v) is 5.58. The maximum absolute atomic E-state index is 12.7. The minimum absolute atomic E-state index is 0.136. The first-order valence-electron chi connectivity index (χ1n) is 7.85. The number of hydrogen-bond acceptors (Lipinski definition) is 6. The van der Waals surface area contributed by atoms with E-state index in [1.807, 2.05) is 24.3 Å². The van der Waals surface area contributed by atoms with Crippen LogP contribution in [0.25, 0.3) is 21.0 Å². The van der Waals surface area contributed by atoms with Crippen LogP contribution >= 0.6 is 11.3 Å². The minimum atomic E-state index is -3.81. The van der Waals surface area contributed by atoms with Crippen molar-refractivity contribution in [1.29, 1.82) is 0 Å². The number of anilines is 1. The Balaban J connectivity index is 1.71. The fraction of sp³-hybridized carbons (Fsp3) is 0.0556. The molecular weight excluding hydrogens is 404 g/mol. The quantitative estimate of drug-likeness (QED) is 0.546. The van der Waals surface area contributed by atoms with Crippen LogP contribution in [0.15, 0.2) is 70.5 Å². The summed E-state index contributed by atoms with van der Waals surface area (Å²) in [5, 5.41) is 1.95. The van der Waals surface area contributed by atoms with Crippen molar-refractivity contribution in [3.8, 4) is 0 Å². The van der Waals surface area contributed by atoms with E-state index in [0.29, 0.717) is 10.2 Å². The molecule has 4 aromatic rings. The van der Waals surface area contributed by atoms with E-state index in [4.69, 9.17) is 0 Å². The zero-order valence-electron chi connectivity index (χ0n) is 14.1. The average molecular weight is 419 g/mol. The summed E-state index contributed by atoms with van der Waals surface area (Å²) in [6.07, 6.45) is 1.12. The Bertz CT molecular complexity index is 1390. The Hall–Kier alpha value is -2.49. The van der Waals surface area contributed by atoms with Crippen molar-refractivity contribution in [2.24, 2.45) is 0 Å². The summed E-state index contributed by atoms with van der Waals surface area (Å²) in [6, 6.07) is 16.9. The Morgan fingerprint density at radius 1 is 0.852 bits per heavy atom. The molecule has 6 nitrogen and oxygen atoms in total. The van der Waals surface area contributed by atoms with E-state index in [-0.39, 0.29) is 14.9 Å². The van der Waals surface area contributed by atoms with Crippen LogP contribution in [-0.4, -0.2) is 28.1 Å². The number of nitrogens with zero attached hydrogens (tertiary/aromatic N) is 1. The van der Waals surface area contributed by atoms with Crippen LogP contribution in [0.1, 0.15) is 0 Å². The first-order valence-corrected chi connectivity index (χ1v) is 12.0. The lowest BCUT2D eigenvalue weighted by atomic mass is 10.1. The molecule has 0 unspecified atom stereocenters. The highest BCUT2D eigenvalue weighted by Crippen LogP contribution is 2.30. The zero-order chi connectivity index (χ0) is 19.2. The van der Waals surface area contributed by atoms with Gasteiger partial charge in [0.15, 0.2) is 15.0 Å². The first kappa shape index (κ1) is 17.9. The van der Waals surface area contributed by atoms with E-state index < -0.39 is 19.9 Å².